The molecule has 0 aliphatic rings. The fourth-order valence-electron chi connectivity index (χ4n) is 1.70. The number of nitrogens with zero attached hydrogens (tertiary/aromatic N) is 1. The molecule has 0 atom stereocenters. The Morgan fingerprint density at radius 1 is 1.25 bits per heavy atom. The van der Waals surface area contributed by atoms with Gasteiger partial charge in [-0.1, -0.05) is 23.2 Å². The minimum absolute atomic E-state index is 0.132. The third-order valence-corrected chi connectivity index (χ3v) is 3.23. The summed E-state index contributed by atoms with van der Waals surface area (Å²) in [4.78, 5) is 13.8. The lowest BCUT2D eigenvalue weighted by Crippen LogP contribution is -2.36. The van der Waals surface area contributed by atoms with Gasteiger partial charge in [0, 0.05) is 25.8 Å². The number of methoxy groups -OCH3 is 2. The minimum atomic E-state index is -0.275. The SMILES string of the molecule is COCCN(CCO)C(=O)c1cc(Cl)c(OC)c(Cl)c1. The number of aliphatic hydroxyl groups excluding tert-OH is 1. The van der Waals surface area contributed by atoms with E-state index in [0.717, 1.165) is 0 Å². The summed E-state index contributed by atoms with van der Waals surface area (Å²) < 4.78 is 9.98. The standard InChI is InChI=1S/C13H17Cl2NO4/c1-19-6-4-16(3-5-17)13(18)9-7-10(14)12(20-2)11(15)8-9/h7-8,17H,3-6H2,1-2H3. The third kappa shape index (κ3) is 4.24. The molecule has 0 spiro atoms. The first kappa shape index (κ1) is 17.0. The number of carbonyl (C=O) groups excluding carboxylic acids is 1. The van der Waals surface area contributed by atoms with E-state index in [-0.39, 0.29) is 29.1 Å². The number of ether oxygens (including phenoxy) is 2. The number of hydrogen-bond donors (Lipinski definition) is 1. The highest BCUT2D eigenvalue weighted by Gasteiger charge is 2.18. The van der Waals surface area contributed by atoms with Crippen LogP contribution in [-0.4, -0.2) is 56.4 Å². The van der Waals surface area contributed by atoms with Crippen LogP contribution in [0.3, 0.4) is 0 Å². The molecule has 112 valence electrons. The number of benzene rings is 1. The van der Waals surface area contributed by atoms with E-state index in [1.54, 1.807) is 7.11 Å². The summed E-state index contributed by atoms with van der Waals surface area (Å²) in [5.41, 5.74) is 0.338. The number of amides is 1. The Hall–Kier alpha value is -1.01. The van der Waals surface area contributed by atoms with Crippen molar-refractivity contribution >= 4 is 29.1 Å². The van der Waals surface area contributed by atoms with Crippen molar-refractivity contribution < 1.29 is 19.4 Å². The molecule has 0 aromatic heterocycles. The second-order valence-electron chi connectivity index (χ2n) is 3.98. The van der Waals surface area contributed by atoms with E-state index in [1.807, 2.05) is 0 Å². The predicted molar refractivity (Wildman–Crippen MR) is 77.9 cm³/mol. The van der Waals surface area contributed by atoms with Crippen molar-refractivity contribution in [3.05, 3.63) is 27.7 Å². The van der Waals surface area contributed by atoms with E-state index >= 15 is 0 Å². The average Bonchev–Trinajstić information content (AvgIpc) is 2.42. The summed E-state index contributed by atoms with van der Waals surface area (Å²) >= 11 is 12.0. The van der Waals surface area contributed by atoms with Crippen LogP contribution >= 0.6 is 23.2 Å². The van der Waals surface area contributed by atoms with E-state index in [0.29, 0.717) is 24.5 Å². The zero-order chi connectivity index (χ0) is 15.1. The predicted octanol–water partition coefficient (Wildman–Crippen LogP) is 2.08. The van der Waals surface area contributed by atoms with Gasteiger partial charge in [0.25, 0.3) is 5.91 Å². The van der Waals surface area contributed by atoms with Gasteiger partial charge in [-0.2, -0.15) is 0 Å². The highest BCUT2D eigenvalue weighted by atomic mass is 35.5. The molecular weight excluding hydrogens is 305 g/mol. The Labute approximate surface area is 128 Å². The Bertz CT molecular complexity index is 445. The molecule has 0 fully saturated rings. The largest absolute Gasteiger partial charge is 0.494 e. The first-order valence-corrected chi connectivity index (χ1v) is 6.72. The van der Waals surface area contributed by atoms with Crippen LogP contribution in [0.4, 0.5) is 0 Å². The van der Waals surface area contributed by atoms with Crippen LogP contribution in [0.5, 0.6) is 5.75 Å². The third-order valence-electron chi connectivity index (χ3n) is 2.67. The van der Waals surface area contributed by atoms with Crippen LogP contribution in [0, 0.1) is 0 Å². The highest BCUT2D eigenvalue weighted by Crippen LogP contribution is 2.34. The molecule has 0 saturated carbocycles. The maximum Gasteiger partial charge on any atom is 0.254 e. The van der Waals surface area contributed by atoms with Crippen LogP contribution in [-0.2, 0) is 4.74 Å². The monoisotopic (exact) mass is 321 g/mol. The molecule has 0 bridgehead atoms. The lowest BCUT2D eigenvalue weighted by molar-refractivity contribution is 0.0656. The molecule has 5 nitrogen and oxygen atoms in total. The molecule has 0 unspecified atom stereocenters. The van der Waals surface area contributed by atoms with Crippen LogP contribution in [0.1, 0.15) is 10.4 Å². The van der Waals surface area contributed by atoms with Gasteiger partial charge in [-0.15, -0.1) is 0 Å². The molecule has 0 aliphatic carbocycles. The molecule has 1 amide bonds. The second-order valence-corrected chi connectivity index (χ2v) is 4.80. The molecular formula is C13H17Cl2NO4. The van der Waals surface area contributed by atoms with Crippen molar-refractivity contribution in [1.82, 2.24) is 4.90 Å². The van der Waals surface area contributed by atoms with E-state index in [2.05, 4.69) is 0 Å². The maximum absolute atomic E-state index is 12.3. The molecule has 1 N–H and O–H groups in total. The lowest BCUT2D eigenvalue weighted by atomic mass is 10.2. The quantitative estimate of drug-likeness (QED) is 0.835. The molecule has 1 rings (SSSR count). The summed E-state index contributed by atoms with van der Waals surface area (Å²) in [6.45, 7) is 0.830. The fraction of sp³-hybridized carbons (Fsp3) is 0.462. The van der Waals surface area contributed by atoms with Gasteiger partial charge in [0.15, 0.2) is 5.75 Å². The first-order chi connectivity index (χ1) is 9.54. The van der Waals surface area contributed by atoms with Gasteiger partial charge in [0.1, 0.15) is 0 Å². The van der Waals surface area contributed by atoms with Crippen molar-refractivity contribution in [2.24, 2.45) is 0 Å². The Morgan fingerprint density at radius 2 is 1.85 bits per heavy atom. The number of carbonyl (C=O) groups is 1. The summed E-state index contributed by atoms with van der Waals surface area (Å²) in [7, 11) is 2.99. The van der Waals surface area contributed by atoms with Crippen molar-refractivity contribution in [2.45, 2.75) is 0 Å². The summed E-state index contributed by atoms with van der Waals surface area (Å²) in [6.07, 6.45) is 0. The maximum atomic E-state index is 12.3. The van der Waals surface area contributed by atoms with Crippen molar-refractivity contribution in [3.8, 4) is 5.75 Å². The molecule has 7 heteroatoms. The number of aliphatic hydroxyl groups is 1. The van der Waals surface area contributed by atoms with Crippen molar-refractivity contribution in [1.29, 1.82) is 0 Å². The number of hydrogen-bond acceptors (Lipinski definition) is 4. The van der Waals surface area contributed by atoms with Gasteiger partial charge in [0.05, 0.1) is 30.4 Å². The summed E-state index contributed by atoms with van der Waals surface area (Å²) in [6, 6.07) is 2.98. The second kappa shape index (κ2) is 8.32. The van der Waals surface area contributed by atoms with Gasteiger partial charge in [-0.05, 0) is 12.1 Å². The van der Waals surface area contributed by atoms with Gasteiger partial charge in [0.2, 0.25) is 0 Å². The smallest absolute Gasteiger partial charge is 0.254 e. The molecule has 1 aromatic rings. The molecule has 1 aromatic carbocycles. The normalized spacial score (nSPS) is 10.4. The minimum Gasteiger partial charge on any atom is -0.494 e. The molecule has 0 saturated heterocycles. The zero-order valence-electron chi connectivity index (χ0n) is 11.4. The van der Waals surface area contributed by atoms with Crippen molar-refractivity contribution in [3.63, 3.8) is 0 Å². The van der Waals surface area contributed by atoms with E-state index < -0.39 is 0 Å². The van der Waals surface area contributed by atoms with Gasteiger partial charge < -0.3 is 19.5 Å². The van der Waals surface area contributed by atoms with Crippen molar-refractivity contribution in [2.75, 3.05) is 40.5 Å². The number of rotatable bonds is 7. The van der Waals surface area contributed by atoms with Crippen LogP contribution in [0.15, 0.2) is 12.1 Å². The van der Waals surface area contributed by atoms with Crippen LogP contribution in [0.2, 0.25) is 10.0 Å². The molecule has 0 heterocycles. The molecule has 0 aliphatic heterocycles. The van der Waals surface area contributed by atoms with E-state index in [4.69, 9.17) is 37.8 Å². The Morgan fingerprint density at radius 3 is 2.30 bits per heavy atom. The molecule has 0 radical (unpaired) electrons. The Balaban J connectivity index is 2.99. The summed E-state index contributed by atoms with van der Waals surface area (Å²) in [5, 5.41) is 9.54. The summed E-state index contributed by atoms with van der Waals surface area (Å²) in [5.74, 6) is 0.0537. The van der Waals surface area contributed by atoms with Crippen LogP contribution in [0.25, 0.3) is 0 Å². The Kier molecular flexibility index (Phi) is 7.09. The van der Waals surface area contributed by atoms with Gasteiger partial charge in [-0.3, -0.25) is 4.79 Å². The van der Waals surface area contributed by atoms with E-state index in [1.165, 1.54) is 24.1 Å². The highest BCUT2D eigenvalue weighted by molar-refractivity contribution is 6.37. The van der Waals surface area contributed by atoms with Crippen LogP contribution < -0.4 is 4.74 Å². The topological polar surface area (TPSA) is 59.0 Å². The van der Waals surface area contributed by atoms with Gasteiger partial charge >= 0.3 is 0 Å². The number of halogens is 2. The molecule has 20 heavy (non-hydrogen) atoms. The van der Waals surface area contributed by atoms with Gasteiger partial charge in [-0.25, -0.2) is 0 Å². The fourth-order valence-corrected chi connectivity index (χ4v) is 2.34. The average molecular weight is 322 g/mol. The first-order valence-electron chi connectivity index (χ1n) is 5.97. The lowest BCUT2D eigenvalue weighted by Gasteiger charge is -2.22. The zero-order valence-corrected chi connectivity index (χ0v) is 12.9. The van der Waals surface area contributed by atoms with E-state index in [9.17, 15) is 4.79 Å².